The molecule has 4 N–H and O–H groups in total. The molecule has 166 valence electrons. The van der Waals surface area contributed by atoms with Crippen molar-refractivity contribution < 1.29 is 0 Å². The molecule has 0 atom stereocenters. The van der Waals surface area contributed by atoms with E-state index in [1.54, 1.807) is 18.6 Å². The molecular formula is C25H26N8. The summed E-state index contributed by atoms with van der Waals surface area (Å²) in [6, 6.07) is 17.3. The van der Waals surface area contributed by atoms with Gasteiger partial charge in [0.05, 0.1) is 22.9 Å². The van der Waals surface area contributed by atoms with Crippen LogP contribution in [0.2, 0.25) is 0 Å². The molecule has 0 saturated carbocycles. The van der Waals surface area contributed by atoms with Crippen LogP contribution in [-0.4, -0.2) is 33.0 Å². The van der Waals surface area contributed by atoms with Gasteiger partial charge in [-0.1, -0.05) is 32.0 Å². The number of nitrogens with one attached hydrogen (secondary N) is 2. The lowest BCUT2D eigenvalue weighted by atomic mass is 10.1. The number of fused-ring (bicyclic) bond motifs is 1. The summed E-state index contributed by atoms with van der Waals surface area (Å²) >= 11 is 0. The number of amidine groups is 1. The quantitative estimate of drug-likeness (QED) is 0.287. The van der Waals surface area contributed by atoms with Crippen LogP contribution in [0.25, 0.3) is 16.6 Å². The second-order valence-electron chi connectivity index (χ2n) is 7.79. The van der Waals surface area contributed by atoms with Gasteiger partial charge in [-0.15, -0.1) is 5.10 Å². The Labute approximate surface area is 192 Å². The average Bonchev–Trinajstić information content (AvgIpc) is 2.83. The molecule has 0 radical (unpaired) electrons. The monoisotopic (exact) mass is 438 g/mol. The Morgan fingerprint density at radius 1 is 1.00 bits per heavy atom. The Hall–Kier alpha value is -4.33. The molecule has 0 fully saturated rings. The third-order valence-electron chi connectivity index (χ3n) is 5.02. The van der Waals surface area contributed by atoms with Crippen LogP contribution >= 0.6 is 0 Å². The highest BCUT2D eigenvalue weighted by Gasteiger charge is 2.11. The number of hydrogen-bond acceptors (Lipinski definition) is 7. The lowest BCUT2D eigenvalue weighted by molar-refractivity contribution is 0.843. The van der Waals surface area contributed by atoms with Crippen LogP contribution in [0, 0.1) is 0 Å². The van der Waals surface area contributed by atoms with E-state index >= 15 is 0 Å². The topological polar surface area (TPSA) is 114 Å². The maximum absolute atomic E-state index is 6.35. The van der Waals surface area contributed by atoms with Crippen LogP contribution in [0.15, 0.2) is 78.2 Å². The number of nitrogens with two attached hydrogens (primary N) is 1. The first kappa shape index (κ1) is 21.9. The van der Waals surface area contributed by atoms with E-state index in [1.807, 2.05) is 61.6 Å². The van der Waals surface area contributed by atoms with Crippen molar-refractivity contribution in [2.24, 2.45) is 10.7 Å². The molecule has 0 saturated heterocycles. The van der Waals surface area contributed by atoms with Crippen molar-refractivity contribution in [3.63, 3.8) is 0 Å². The minimum Gasteiger partial charge on any atom is -0.393 e. The fourth-order valence-electron chi connectivity index (χ4n) is 3.26. The van der Waals surface area contributed by atoms with E-state index in [1.165, 1.54) is 0 Å². The van der Waals surface area contributed by atoms with E-state index in [9.17, 15) is 0 Å². The number of anilines is 2. The lowest BCUT2D eigenvalue weighted by Gasteiger charge is -2.10. The molecule has 4 aromatic rings. The van der Waals surface area contributed by atoms with Gasteiger partial charge in [-0.3, -0.25) is 4.98 Å². The summed E-state index contributed by atoms with van der Waals surface area (Å²) in [5, 5.41) is 14.5. The highest BCUT2D eigenvalue weighted by atomic mass is 15.2. The summed E-state index contributed by atoms with van der Waals surface area (Å²) in [6.07, 6.45) is 5.35. The summed E-state index contributed by atoms with van der Waals surface area (Å²) in [5.74, 6) is 2.04. The van der Waals surface area contributed by atoms with Gasteiger partial charge in [-0.2, -0.15) is 5.10 Å². The summed E-state index contributed by atoms with van der Waals surface area (Å²) in [7, 11) is 1.82. The molecule has 0 unspecified atom stereocenters. The number of nitrogens with zero attached hydrogens (tertiary/aromatic N) is 5. The lowest BCUT2D eigenvalue weighted by Crippen LogP contribution is -2.16. The van der Waals surface area contributed by atoms with Crippen molar-refractivity contribution in [3.05, 3.63) is 84.3 Å². The van der Waals surface area contributed by atoms with Gasteiger partial charge in [0.2, 0.25) is 0 Å². The number of aliphatic imine (C=N–C) groups is 1. The zero-order chi connectivity index (χ0) is 23.2. The molecule has 0 aliphatic carbocycles. The van der Waals surface area contributed by atoms with Gasteiger partial charge in [-0.05, 0) is 47.9 Å². The molecule has 3 aromatic heterocycles. The maximum Gasteiger partial charge on any atom is 0.154 e. The average molecular weight is 439 g/mol. The molecule has 1 aromatic carbocycles. The summed E-state index contributed by atoms with van der Waals surface area (Å²) in [6.45, 7) is 4.23. The number of benzene rings is 1. The van der Waals surface area contributed by atoms with Gasteiger partial charge in [-0.25, -0.2) is 9.98 Å². The SMILES string of the molecule is CN/C=C(\C(N)=Nc1ccccc1)c1cnc2ccc(Nc3cc(C(C)C)cnn3)nc2c1. The predicted octanol–water partition coefficient (Wildman–Crippen LogP) is 4.54. The minimum absolute atomic E-state index is 0.359. The molecule has 0 bridgehead atoms. The Bertz CT molecular complexity index is 1310. The van der Waals surface area contributed by atoms with E-state index in [0.29, 0.717) is 23.4 Å². The van der Waals surface area contributed by atoms with Crippen LogP contribution in [0.1, 0.15) is 30.9 Å². The maximum atomic E-state index is 6.35. The third kappa shape index (κ3) is 5.30. The van der Waals surface area contributed by atoms with Crippen molar-refractivity contribution in [1.82, 2.24) is 25.5 Å². The molecule has 8 heteroatoms. The van der Waals surface area contributed by atoms with E-state index in [0.717, 1.165) is 33.4 Å². The molecule has 33 heavy (non-hydrogen) atoms. The minimum atomic E-state index is 0.359. The first-order valence-corrected chi connectivity index (χ1v) is 10.7. The zero-order valence-electron chi connectivity index (χ0n) is 18.8. The van der Waals surface area contributed by atoms with Gasteiger partial charge < -0.3 is 16.4 Å². The standard InChI is InChI=1S/C25H26N8/c1-16(2)17-12-24(33-29-14-17)32-23-10-9-21-22(31-23)11-18(13-28-21)20(15-27-3)25(26)30-19-7-5-4-6-8-19/h4-16,27H,1-3H3,(H2,26,30)(H,31,32,33)/b20-15-. The van der Waals surface area contributed by atoms with Gasteiger partial charge in [0.15, 0.2) is 5.82 Å². The van der Waals surface area contributed by atoms with Crippen molar-refractivity contribution in [2.75, 3.05) is 12.4 Å². The molecule has 8 nitrogen and oxygen atoms in total. The van der Waals surface area contributed by atoms with Gasteiger partial charge >= 0.3 is 0 Å². The molecular weight excluding hydrogens is 412 g/mol. The fourth-order valence-corrected chi connectivity index (χ4v) is 3.26. The first-order valence-electron chi connectivity index (χ1n) is 10.7. The molecule has 0 aliphatic rings. The molecule has 3 heterocycles. The van der Waals surface area contributed by atoms with Crippen molar-refractivity contribution in [2.45, 2.75) is 19.8 Å². The normalized spacial score (nSPS) is 12.2. The molecule has 0 aliphatic heterocycles. The number of pyridine rings is 2. The number of para-hydroxylation sites is 1. The second kappa shape index (κ2) is 9.86. The number of hydrogen-bond donors (Lipinski definition) is 3. The van der Waals surface area contributed by atoms with Gasteiger partial charge in [0, 0.05) is 30.6 Å². The molecule has 0 amide bonds. The predicted molar refractivity (Wildman–Crippen MR) is 134 cm³/mol. The highest BCUT2D eigenvalue weighted by Crippen LogP contribution is 2.23. The molecule has 4 rings (SSSR count). The van der Waals surface area contributed by atoms with Crippen LogP contribution in [-0.2, 0) is 0 Å². The van der Waals surface area contributed by atoms with Crippen LogP contribution in [0.4, 0.5) is 17.3 Å². The second-order valence-corrected chi connectivity index (χ2v) is 7.79. The van der Waals surface area contributed by atoms with Crippen LogP contribution in [0.3, 0.4) is 0 Å². The number of aromatic nitrogens is 4. The number of rotatable bonds is 7. The van der Waals surface area contributed by atoms with E-state index in [-0.39, 0.29) is 0 Å². The Morgan fingerprint density at radius 3 is 2.58 bits per heavy atom. The van der Waals surface area contributed by atoms with Crippen LogP contribution in [0.5, 0.6) is 0 Å². The fraction of sp³-hybridized carbons (Fsp3) is 0.160. The Balaban J connectivity index is 1.67. The summed E-state index contributed by atoms with van der Waals surface area (Å²) < 4.78 is 0. The largest absolute Gasteiger partial charge is 0.393 e. The van der Waals surface area contributed by atoms with Crippen molar-refractivity contribution in [1.29, 1.82) is 0 Å². The van der Waals surface area contributed by atoms with Gasteiger partial charge in [0.25, 0.3) is 0 Å². The first-order chi connectivity index (χ1) is 16.0. The van der Waals surface area contributed by atoms with Crippen molar-refractivity contribution >= 4 is 39.8 Å². The summed E-state index contributed by atoms with van der Waals surface area (Å²) in [5.41, 5.74) is 11.3. The van der Waals surface area contributed by atoms with E-state index in [2.05, 4.69) is 44.7 Å². The van der Waals surface area contributed by atoms with Crippen molar-refractivity contribution in [3.8, 4) is 0 Å². The third-order valence-corrected chi connectivity index (χ3v) is 5.02. The van der Waals surface area contributed by atoms with Crippen LogP contribution < -0.4 is 16.4 Å². The smallest absolute Gasteiger partial charge is 0.154 e. The molecule has 0 spiro atoms. The summed E-state index contributed by atoms with van der Waals surface area (Å²) in [4.78, 5) is 13.8. The van der Waals surface area contributed by atoms with E-state index in [4.69, 9.17) is 10.7 Å². The highest BCUT2D eigenvalue weighted by molar-refractivity contribution is 6.22. The van der Waals surface area contributed by atoms with E-state index < -0.39 is 0 Å². The van der Waals surface area contributed by atoms with Gasteiger partial charge in [0.1, 0.15) is 11.7 Å². The Morgan fingerprint density at radius 2 is 1.82 bits per heavy atom. The zero-order valence-corrected chi connectivity index (χ0v) is 18.8. The Kier molecular flexibility index (Phi) is 6.54.